The number of hydrogen-bond donors (Lipinski definition) is 0. The largest absolute Gasteiger partial charge is 0.0985 e. The summed E-state index contributed by atoms with van der Waals surface area (Å²) in [5.41, 5.74) is 5.98. The van der Waals surface area contributed by atoms with Gasteiger partial charge in [0.15, 0.2) is 0 Å². The third kappa shape index (κ3) is 3.24. The molecule has 0 heteroatoms. The van der Waals surface area contributed by atoms with Crippen LogP contribution in [-0.4, -0.2) is 0 Å². The Morgan fingerprint density at radius 2 is 1.18 bits per heavy atom. The fourth-order valence-electron chi connectivity index (χ4n) is 2.51. The van der Waals surface area contributed by atoms with Crippen LogP contribution in [0.4, 0.5) is 0 Å². The number of rotatable bonds is 4. The van der Waals surface area contributed by atoms with Gasteiger partial charge in [-0.1, -0.05) is 91.5 Å². The Morgan fingerprint density at radius 1 is 0.636 bits per heavy atom. The third-order valence-corrected chi connectivity index (χ3v) is 3.63. The van der Waals surface area contributed by atoms with Crippen molar-refractivity contribution < 1.29 is 0 Å². The zero-order valence-electron chi connectivity index (χ0n) is 12.4. The molecule has 0 saturated heterocycles. The maximum absolute atomic E-state index is 3.85. The van der Waals surface area contributed by atoms with Crippen LogP contribution in [0.15, 0.2) is 91.5 Å². The molecule has 0 saturated carbocycles. The average molecular weight is 282 g/mol. The highest BCUT2D eigenvalue weighted by molar-refractivity contribution is 5.91. The predicted molar refractivity (Wildman–Crippen MR) is 96.4 cm³/mol. The molecule has 0 amide bonds. The lowest BCUT2D eigenvalue weighted by molar-refractivity contribution is 1.55. The van der Waals surface area contributed by atoms with Gasteiger partial charge in [0, 0.05) is 0 Å². The van der Waals surface area contributed by atoms with Crippen LogP contribution < -0.4 is 0 Å². The molecular formula is C22H18. The lowest BCUT2D eigenvalue weighted by Crippen LogP contribution is -1.88. The van der Waals surface area contributed by atoms with Gasteiger partial charge >= 0.3 is 0 Å². The second-order valence-corrected chi connectivity index (χ2v) is 5.16. The van der Waals surface area contributed by atoms with Crippen LogP contribution in [-0.2, 0) is 0 Å². The first-order valence-corrected chi connectivity index (χ1v) is 7.42. The SMILES string of the molecule is C=Cc1cccc(C=C(c2ccccc2)c2ccccc2)c1. The molecule has 0 spiro atoms. The van der Waals surface area contributed by atoms with E-state index in [2.05, 4.69) is 85.5 Å². The first-order chi connectivity index (χ1) is 10.9. The third-order valence-electron chi connectivity index (χ3n) is 3.63. The zero-order valence-corrected chi connectivity index (χ0v) is 12.4. The smallest absolute Gasteiger partial charge is 0.0105 e. The Hall–Kier alpha value is -2.86. The Labute approximate surface area is 132 Å². The minimum absolute atomic E-state index is 1.13. The molecule has 0 aliphatic carbocycles. The van der Waals surface area contributed by atoms with E-state index in [0.29, 0.717) is 0 Å². The molecule has 3 aromatic rings. The first kappa shape index (κ1) is 14.1. The molecule has 0 fully saturated rings. The van der Waals surface area contributed by atoms with E-state index < -0.39 is 0 Å². The van der Waals surface area contributed by atoms with E-state index in [1.54, 1.807) is 0 Å². The Morgan fingerprint density at radius 3 is 1.73 bits per heavy atom. The van der Waals surface area contributed by atoms with E-state index in [1.165, 1.54) is 22.3 Å². The molecule has 0 aliphatic rings. The van der Waals surface area contributed by atoms with Crippen molar-refractivity contribution >= 4 is 17.7 Å². The molecule has 0 bridgehead atoms. The van der Waals surface area contributed by atoms with Gasteiger partial charge in [0.1, 0.15) is 0 Å². The molecule has 0 radical (unpaired) electrons. The summed E-state index contributed by atoms with van der Waals surface area (Å²) in [7, 11) is 0. The van der Waals surface area contributed by atoms with E-state index in [4.69, 9.17) is 0 Å². The van der Waals surface area contributed by atoms with Crippen LogP contribution in [0.3, 0.4) is 0 Å². The van der Waals surface area contributed by atoms with Gasteiger partial charge in [0.05, 0.1) is 0 Å². The topological polar surface area (TPSA) is 0 Å². The molecule has 3 rings (SSSR count). The molecule has 3 aromatic carbocycles. The lowest BCUT2D eigenvalue weighted by Gasteiger charge is -2.09. The highest BCUT2D eigenvalue weighted by Gasteiger charge is 2.04. The normalized spacial score (nSPS) is 10.0. The highest BCUT2D eigenvalue weighted by atomic mass is 14.1. The molecule has 0 nitrogen and oxygen atoms in total. The summed E-state index contributed by atoms with van der Waals surface area (Å²) < 4.78 is 0. The van der Waals surface area contributed by atoms with Crippen molar-refractivity contribution in [2.45, 2.75) is 0 Å². The Balaban J connectivity index is 2.13. The van der Waals surface area contributed by atoms with Crippen LogP contribution in [0.5, 0.6) is 0 Å². The molecule has 0 aliphatic heterocycles. The summed E-state index contributed by atoms with van der Waals surface area (Å²) in [5, 5.41) is 0. The fourth-order valence-corrected chi connectivity index (χ4v) is 2.51. The van der Waals surface area contributed by atoms with Crippen molar-refractivity contribution in [3.63, 3.8) is 0 Å². The lowest BCUT2D eigenvalue weighted by atomic mass is 9.95. The summed E-state index contributed by atoms with van der Waals surface area (Å²) in [6.07, 6.45) is 4.11. The summed E-state index contributed by atoms with van der Waals surface area (Å²) in [6.45, 7) is 3.85. The van der Waals surface area contributed by atoms with Gasteiger partial charge in [-0.2, -0.15) is 0 Å². The van der Waals surface area contributed by atoms with Gasteiger partial charge in [-0.15, -0.1) is 0 Å². The van der Waals surface area contributed by atoms with Gasteiger partial charge in [-0.25, -0.2) is 0 Å². The van der Waals surface area contributed by atoms with Crippen LogP contribution in [0.25, 0.3) is 17.7 Å². The van der Waals surface area contributed by atoms with Crippen LogP contribution in [0.2, 0.25) is 0 Å². The van der Waals surface area contributed by atoms with Crippen LogP contribution in [0, 0.1) is 0 Å². The van der Waals surface area contributed by atoms with Gasteiger partial charge < -0.3 is 0 Å². The number of benzene rings is 3. The first-order valence-electron chi connectivity index (χ1n) is 7.42. The van der Waals surface area contributed by atoms with E-state index in [9.17, 15) is 0 Å². The average Bonchev–Trinajstić information content (AvgIpc) is 2.61. The van der Waals surface area contributed by atoms with Crippen molar-refractivity contribution in [1.29, 1.82) is 0 Å². The molecule has 0 unspecified atom stereocenters. The molecule has 0 heterocycles. The van der Waals surface area contributed by atoms with Gasteiger partial charge in [0.25, 0.3) is 0 Å². The minimum Gasteiger partial charge on any atom is -0.0985 e. The number of hydrogen-bond acceptors (Lipinski definition) is 0. The van der Waals surface area contributed by atoms with Crippen molar-refractivity contribution in [2.24, 2.45) is 0 Å². The summed E-state index contributed by atoms with van der Waals surface area (Å²) in [5.74, 6) is 0. The van der Waals surface area contributed by atoms with Gasteiger partial charge in [0.2, 0.25) is 0 Å². The molecule has 0 atom stereocenters. The van der Waals surface area contributed by atoms with Crippen LogP contribution in [0.1, 0.15) is 22.3 Å². The van der Waals surface area contributed by atoms with Crippen molar-refractivity contribution in [1.82, 2.24) is 0 Å². The zero-order chi connectivity index (χ0) is 15.2. The second kappa shape index (κ2) is 6.73. The van der Waals surface area contributed by atoms with Crippen molar-refractivity contribution in [2.75, 3.05) is 0 Å². The molecule has 106 valence electrons. The maximum atomic E-state index is 3.85. The Kier molecular flexibility index (Phi) is 4.31. The van der Waals surface area contributed by atoms with Gasteiger partial charge in [-0.3, -0.25) is 0 Å². The monoisotopic (exact) mass is 282 g/mol. The highest BCUT2D eigenvalue weighted by Crippen LogP contribution is 2.26. The van der Waals surface area contributed by atoms with E-state index in [1.807, 2.05) is 18.2 Å². The standard InChI is InChI=1S/C22H18/c1-2-18-10-9-11-19(16-18)17-22(20-12-5-3-6-13-20)21-14-7-4-8-15-21/h2-17H,1H2. The molecular weight excluding hydrogens is 264 g/mol. The molecule has 22 heavy (non-hydrogen) atoms. The van der Waals surface area contributed by atoms with E-state index in [-0.39, 0.29) is 0 Å². The van der Waals surface area contributed by atoms with E-state index >= 15 is 0 Å². The van der Waals surface area contributed by atoms with Crippen LogP contribution >= 0.6 is 0 Å². The van der Waals surface area contributed by atoms with Gasteiger partial charge in [-0.05, 0) is 40.0 Å². The minimum atomic E-state index is 1.13. The van der Waals surface area contributed by atoms with Crippen molar-refractivity contribution in [3.05, 3.63) is 114 Å². The molecule has 0 aromatic heterocycles. The predicted octanol–water partition coefficient (Wildman–Crippen LogP) is 5.92. The fraction of sp³-hybridized carbons (Fsp3) is 0. The summed E-state index contributed by atoms with van der Waals surface area (Å²) in [4.78, 5) is 0. The van der Waals surface area contributed by atoms with E-state index in [0.717, 1.165) is 5.56 Å². The second-order valence-electron chi connectivity index (χ2n) is 5.16. The molecule has 0 N–H and O–H groups in total. The summed E-state index contributed by atoms with van der Waals surface area (Å²) >= 11 is 0. The maximum Gasteiger partial charge on any atom is -0.0105 e. The van der Waals surface area contributed by atoms with Crippen molar-refractivity contribution in [3.8, 4) is 0 Å². The Bertz CT molecular complexity index is 739. The summed E-state index contributed by atoms with van der Waals surface area (Å²) in [6, 6.07) is 29.4. The quantitative estimate of drug-likeness (QED) is 0.521.